The second kappa shape index (κ2) is 6.01. The second-order valence-corrected chi connectivity index (χ2v) is 7.53. The summed E-state index contributed by atoms with van der Waals surface area (Å²) in [7, 11) is 0. The highest BCUT2D eigenvalue weighted by Gasteiger charge is 2.26. The molecule has 1 aliphatic heterocycles. The number of rotatable bonds is 4. The zero-order valence-corrected chi connectivity index (χ0v) is 12.6. The van der Waals surface area contributed by atoms with E-state index in [1.54, 1.807) is 16.8 Å². The number of aryl methyl sites for hydroxylation is 1. The first-order valence-corrected chi connectivity index (χ1v) is 7.77. The second-order valence-electron chi connectivity index (χ2n) is 5.73. The molecule has 0 aromatic carbocycles. The average Bonchev–Trinajstić information content (AvgIpc) is 2.32. The highest BCUT2D eigenvalue weighted by molar-refractivity contribution is 8.00. The molecule has 1 aliphatic rings. The first kappa shape index (κ1) is 14.5. The van der Waals surface area contributed by atoms with Crippen molar-refractivity contribution < 1.29 is 0 Å². The lowest BCUT2D eigenvalue weighted by Gasteiger charge is -2.37. The molecule has 0 spiro atoms. The molecular weight excluding hydrogens is 258 g/mol. The Hall–Kier alpha value is -0.940. The Bertz CT molecular complexity index is 484. The molecule has 0 bridgehead atoms. The summed E-state index contributed by atoms with van der Waals surface area (Å²) in [5.74, 6) is 1.20. The highest BCUT2D eigenvalue weighted by atomic mass is 32.2. The largest absolute Gasteiger partial charge is 0.398 e. The minimum Gasteiger partial charge on any atom is -0.398 e. The van der Waals surface area contributed by atoms with Crippen LogP contribution in [0.25, 0.3) is 0 Å². The number of hydrogen-bond donors (Lipinski definition) is 1. The van der Waals surface area contributed by atoms with Gasteiger partial charge < -0.3 is 15.2 Å². The molecule has 1 aromatic heterocycles. The zero-order chi connectivity index (χ0) is 13.9. The lowest BCUT2D eigenvalue weighted by molar-refractivity contribution is 0.252. The van der Waals surface area contributed by atoms with Crippen LogP contribution in [0.3, 0.4) is 0 Å². The summed E-state index contributed by atoms with van der Waals surface area (Å²) in [6.07, 6.45) is 2.72. The zero-order valence-electron chi connectivity index (χ0n) is 11.8. The fourth-order valence-electron chi connectivity index (χ4n) is 2.49. The summed E-state index contributed by atoms with van der Waals surface area (Å²) in [5.41, 5.74) is 6.38. The van der Waals surface area contributed by atoms with Gasteiger partial charge in [0.25, 0.3) is 5.56 Å². The maximum Gasteiger partial charge on any atom is 0.250 e. The minimum atomic E-state index is 0.0312. The quantitative estimate of drug-likeness (QED) is 0.912. The van der Waals surface area contributed by atoms with Crippen molar-refractivity contribution in [3.63, 3.8) is 0 Å². The fourth-order valence-corrected chi connectivity index (χ4v) is 3.67. The summed E-state index contributed by atoms with van der Waals surface area (Å²) in [6, 6.07) is 3.19. The van der Waals surface area contributed by atoms with Crippen LogP contribution in [0.1, 0.15) is 20.3 Å². The van der Waals surface area contributed by atoms with E-state index in [9.17, 15) is 4.79 Å². The van der Waals surface area contributed by atoms with Crippen molar-refractivity contribution in [2.45, 2.75) is 31.6 Å². The van der Waals surface area contributed by atoms with Crippen molar-refractivity contribution in [2.24, 2.45) is 0 Å². The molecule has 1 saturated heterocycles. The van der Waals surface area contributed by atoms with Crippen LogP contribution in [0.4, 0.5) is 5.69 Å². The molecule has 0 atom stereocenters. The summed E-state index contributed by atoms with van der Waals surface area (Å²) >= 11 is 2.04. The van der Waals surface area contributed by atoms with Crippen molar-refractivity contribution in [3.8, 4) is 0 Å². The standard InChI is InChI=1S/C14H23N3OS/c1-14(2)11-16(8-9-19-14)6-3-7-17-10-12(15)4-5-13(17)18/h4-5,10H,3,6-9,11,15H2,1-2H3. The number of anilines is 1. The minimum absolute atomic E-state index is 0.0312. The van der Waals surface area contributed by atoms with E-state index in [1.165, 1.54) is 11.8 Å². The van der Waals surface area contributed by atoms with Gasteiger partial charge in [0.2, 0.25) is 0 Å². The number of nitrogen functional groups attached to an aromatic ring is 1. The first-order chi connectivity index (χ1) is 8.96. The molecule has 0 unspecified atom stereocenters. The van der Waals surface area contributed by atoms with Gasteiger partial charge in [-0.15, -0.1) is 0 Å². The Balaban J connectivity index is 1.83. The van der Waals surface area contributed by atoms with Gasteiger partial charge in [0.15, 0.2) is 0 Å². The SMILES string of the molecule is CC1(C)CN(CCCn2cc(N)ccc2=O)CCS1. The molecule has 1 fully saturated rings. The number of nitrogens with two attached hydrogens (primary N) is 1. The van der Waals surface area contributed by atoms with Gasteiger partial charge in [0.05, 0.1) is 0 Å². The number of thioether (sulfide) groups is 1. The third-order valence-corrected chi connectivity index (χ3v) is 4.68. The number of aromatic nitrogens is 1. The van der Waals surface area contributed by atoms with Gasteiger partial charge in [-0.05, 0) is 32.9 Å². The van der Waals surface area contributed by atoms with Crippen molar-refractivity contribution in [1.82, 2.24) is 9.47 Å². The lowest BCUT2D eigenvalue weighted by atomic mass is 10.2. The van der Waals surface area contributed by atoms with Crippen molar-refractivity contribution in [3.05, 3.63) is 28.7 Å². The molecule has 2 N–H and O–H groups in total. The van der Waals surface area contributed by atoms with Gasteiger partial charge >= 0.3 is 0 Å². The van der Waals surface area contributed by atoms with Crippen LogP contribution in [0.2, 0.25) is 0 Å². The maximum atomic E-state index is 11.6. The van der Waals surface area contributed by atoms with E-state index in [0.717, 1.165) is 32.6 Å². The first-order valence-electron chi connectivity index (χ1n) is 6.79. The number of pyridine rings is 1. The summed E-state index contributed by atoms with van der Waals surface area (Å²) in [5, 5.41) is 0. The molecule has 0 radical (unpaired) electrons. The molecule has 1 aromatic rings. The van der Waals surface area contributed by atoms with Gasteiger partial charge in [0, 0.05) is 48.1 Å². The smallest absolute Gasteiger partial charge is 0.250 e. The number of hydrogen-bond acceptors (Lipinski definition) is 4. The summed E-state index contributed by atoms with van der Waals surface area (Å²) < 4.78 is 2.06. The average molecular weight is 281 g/mol. The molecule has 106 valence electrons. The van der Waals surface area contributed by atoms with E-state index < -0.39 is 0 Å². The van der Waals surface area contributed by atoms with Crippen LogP contribution >= 0.6 is 11.8 Å². The predicted molar refractivity (Wildman–Crippen MR) is 82.7 cm³/mol. The summed E-state index contributed by atoms with van der Waals surface area (Å²) in [4.78, 5) is 14.1. The van der Waals surface area contributed by atoms with Crippen molar-refractivity contribution in [1.29, 1.82) is 0 Å². The van der Waals surface area contributed by atoms with E-state index in [0.29, 0.717) is 10.4 Å². The monoisotopic (exact) mass is 281 g/mol. The Morgan fingerprint density at radius 1 is 1.37 bits per heavy atom. The third kappa shape index (κ3) is 4.28. The van der Waals surface area contributed by atoms with Gasteiger partial charge in [-0.3, -0.25) is 4.79 Å². The van der Waals surface area contributed by atoms with E-state index >= 15 is 0 Å². The van der Waals surface area contributed by atoms with Gasteiger partial charge in [0.1, 0.15) is 0 Å². The molecule has 0 saturated carbocycles. The molecule has 0 aliphatic carbocycles. The van der Waals surface area contributed by atoms with Crippen molar-refractivity contribution in [2.75, 3.05) is 31.1 Å². The molecule has 2 rings (SSSR count). The van der Waals surface area contributed by atoms with E-state index in [4.69, 9.17) is 5.73 Å². The molecule has 2 heterocycles. The van der Waals surface area contributed by atoms with Gasteiger partial charge in [-0.1, -0.05) is 0 Å². The van der Waals surface area contributed by atoms with Crippen LogP contribution < -0.4 is 11.3 Å². The van der Waals surface area contributed by atoms with E-state index in [-0.39, 0.29) is 5.56 Å². The van der Waals surface area contributed by atoms with E-state index in [1.807, 2.05) is 11.8 Å². The van der Waals surface area contributed by atoms with Crippen LogP contribution in [0, 0.1) is 0 Å². The predicted octanol–water partition coefficient (Wildman–Crippen LogP) is 1.65. The Kier molecular flexibility index (Phi) is 4.58. The Morgan fingerprint density at radius 3 is 2.89 bits per heavy atom. The molecule has 0 amide bonds. The van der Waals surface area contributed by atoms with Crippen LogP contribution in [-0.4, -0.2) is 39.6 Å². The lowest BCUT2D eigenvalue weighted by Crippen LogP contribution is -2.43. The normalized spacial score (nSPS) is 19.5. The topological polar surface area (TPSA) is 51.3 Å². The molecular formula is C14H23N3OS. The molecule has 5 heteroatoms. The molecule has 4 nitrogen and oxygen atoms in total. The molecule has 19 heavy (non-hydrogen) atoms. The van der Waals surface area contributed by atoms with Crippen molar-refractivity contribution >= 4 is 17.4 Å². The van der Waals surface area contributed by atoms with Crippen LogP contribution in [-0.2, 0) is 6.54 Å². The van der Waals surface area contributed by atoms with Crippen LogP contribution in [0.5, 0.6) is 0 Å². The Morgan fingerprint density at radius 2 is 2.16 bits per heavy atom. The summed E-state index contributed by atoms with van der Waals surface area (Å²) in [6.45, 7) is 8.67. The van der Waals surface area contributed by atoms with Gasteiger partial charge in [-0.25, -0.2) is 0 Å². The van der Waals surface area contributed by atoms with E-state index in [2.05, 4.69) is 18.7 Å². The Labute approximate surface area is 119 Å². The highest BCUT2D eigenvalue weighted by Crippen LogP contribution is 2.29. The van der Waals surface area contributed by atoms with Crippen LogP contribution in [0.15, 0.2) is 23.1 Å². The fraction of sp³-hybridized carbons (Fsp3) is 0.643. The number of nitrogens with zero attached hydrogens (tertiary/aromatic N) is 2. The third-order valence-electron chi connectivity index (χ3n) is 3.38. The maximum absolute atomic E-state index is 11.6. The van der Waals surface area contributed by atoms with Gasteiger partial charge in [-0.2, -0.15) is 11.8 Å².